The number of carbonyl (C=O) groups is 3. The molecule has 1 N–H and O–H groups in total. The van der Waals surface area contributed by atoms with Gasteiger partial charge in [0.05, 0.1) is 9.83 Å². The summed E-state index contributed by atoms with van der Waals surface area (Å²) in [5.74, 6) is 1.71. The summed E-state index contributed by atoms with van der Waals surface area (Å²) in [5.41, 5.74) is 1.06. The minimum atomic E-state index is -0.240. The molecule has 3 saturated carbocycles. The van der Waals surface area contributed by atoms with Crippen molar-refractivity contribution in [1.82, 2.24) is 5.32 Å². The predicted molar refractivity (Wildman–Crippen MR) is 158 cm³/mol. The summed E-state index contributed by atoms with van der Waals surface area (Å²) in [6, 6.07) is 4.19. The average Bonchev–Trinajstić information content (AvgIpc) is 3.46. The van der Waals surface area contributed by atoms with Crippen molar-refractivity contribution >= 4 is 44.9 Å². The molecule has 9 atom stereocenters. The minimum absolute atomic E-state index is 0.0354. The lowest BCUT2D eigenvalue weighted by atomic mass is 9.46. The number of hydrogen-bond acceptors (Lipinski definition) is 5. The summed E-state index contributed by atoms with van der Waals surface area (Å²) in [7, 11) is 0. The van der Waals surface area contributed by atoms with Crippen molar-refractivity contribution in [3.05, 3.63) is 44.6 Å². The SMILES string of the molecule is CC[C@@H](NC(=O)C[C@@H](C)[C@H]1CC[C@H]2[C@@H]3[C@H](OC(C)=O)CC4=CC(=O)C=C[C@]4(C)[C@H]3CC[C@]12C)c1ccc(Br)s1. The molecule has 0 aromatic carbocycles. The van der Waals surface area contributed by atoms with Gasteiger partial charge in [-0.3, -0.25) is 14.4 Å². The van der Waals surface area contributed by atoms with Gasteiger partial charge in [-0.1, -0.05) is 39.3 Å². The first-order valence-electron chi connectivity index (χ1n) is 14.6. The van der Waals surface area contributed by atoms with Gasteiger partial charge in [0.25, 0.3) is 0 Å². The Morgan fingerprint density at radius 1 is 1.21 bits per heavy atom. The van der Waals surface area contributed by atoms with Gasteiger partial charge in [0.2, 0.25) is 5.91 Å². The molecule has 1 aromatic rings. The fourth-order valence-electron chi connectivity index (χ4n) is 9.03. The number of rotatable bonds is 7. The third kappa shape index (κ3) is 5.23. The molecular formula is C32H42BrNO4S. The topological polar surface area (TPSA) is 72.5 Å². The molecular weight excluding hydrogens is 574 g/mol. The molecule has 4 aliphatic rings. The molecule has 4 aliphatic carbocycles. The van der Waals surface area contributed by atoms with E-state index < -0.39 is 0 Å². The molecule has 1 amide bonds. The smallest absolute Gasteiger partial charge is 0.302 e. The molecule has 5 nitrogen and oxygen atoms in total. The highest BCUT2D eigenvalue weighted by atomic mass is 79.9. The normalized spacial score (nSPS) is 36.7. The Kier molecular flexibility index (Phi) is 8.06. The van der Waals surface area contributed by atoms with E-state index in [0.717, 1.165) is 41.5 Å². The summed E-state index contributed by atoms with van der Waals surface area (Å²) in [4.78, 5) is 38.9. The third-order valence-corrected chi connectivity index (χ3v) is 12.6. The van der Waals surface area contributed by atoms with Crippen LogP contribution >= 0.6 is 27.3 Å². The van der Waals surface area contributed by atoms with Gasteiger partial charge in [0.15, 0.2) is 5.78 Å². The summed E-state index contributed by atoms with van der Waals surface area (Å²) >= 11 is 5.22. The van der Waals surface area contributed by atoms with E-state index in [9.17, 15) is 14.4 Å². The van der Waals surface area contributed by atoms with Gasteiger partial charge in [0.1, 0.15) is 6.10 Å². The fourth-order valence-corrected chi connectivity index (χ4v) is 10.6. The van der Waals surface area contributed by atoms with Crippen molar-refractivity contribution in [3.8, 4) is 0 Å². The summed E-state index contributed by atoms with van der Waals surface area (Å²) in [5, 5.41) is 3.30. The van der Waals surface area contributed by atoms with Crippen LogP contribution in [-0.4, -0.2) is 23.8 Å². The van der Waals surface area contributed by atoms with Crippen LogP contribution in [0.5, 0.6) is 0 Å². The number of thiophene rings is 1. The fraction of sp³-hybridized carbons (Fsp3) is 0.656. The maximum Gasteiger partial charge on any atom is 0.302 e. The summed E-state index contributed by atoms with van der Waals surface area (Å²) in [6.45, 7) is 10.6. The Morgan fingerprint density at radius 2 is 1.97 bits per heavy atom. The van der Waals surface area contributed by atoms with Gasteiger partial charge in [-0.05, 0) is 101 Å². The number of carbonyl (C=O) groups excluding carboxylic acids is 3. The van der Waals surface area contributed by atoms with Gasteiger partial charge < -0.3 is 10.1 Å². The van der Waals surface area contributed by atoms with Gasteiger partial charge in [0, 0.05) is 36.0 Å². The second-order valence-corrected chi connectivity index (χ2v) is 15.4. The van der Waals surface area contributed by atoms with Crippen molar-refractivity contribution < 1.29 is 19.1 Å². The molecule has 1 heterocycles. The minimum Gasteiger partial charge on any atom is -0.462 e. The van der Waals surface area contributed by atoms with E-state index in [1.165, 1.54) is 11.8 Å². The van der Waals surface area contributed by atoms with Crippen LogP contribution in [-0.2, 0) is 19.1 Å². The average molecular weight is 617 g/mol. The third-order valence-electron chi connectivity index (χ3n) is 10.8. The quantitative estimate of drug-likeness (QED) is 0.321. The van der Waals surface area contributed by atoms with Crippen molar-refractivity contribution in [2.45, 2.75) is 91.7 Å². The number of nitrogens with one attached hydrogen (secondary N) is 1. The van der Waals surface area contributed by atoms with Crippen LogP contribution in [0, 0.1) is 40.4 Å². The molecule has 0 aliphatic heterocycles. The van der Waals surface area contributed by atoms with Crippen LogP contribution in [0.4, 0.5) is 0 Å². The number of ketones is 1. The largest absolute Gasteiger partial charge is 0.462 e. The first kappa shape index (κ1) is 28.8. The summed E-state index contributed by atoms with van der Waals surface area (Å²) in [6.07, 6.45) is 11.9. The molecule has 7 heteroatoms. The molecule has 5 rings (SSSR count). The Morgan fingerprint density at radius 3 is 2.64 bits per heavy atom. The van der Waals surface area contributed by atoms with Crippen LogP contribution in [0.15, 0.2) is 39.7 Å². The molecule has 0 unspecified atom stereocenters. The summed E-state index contributed by atoms with van der Waals surface area (Å²) < 4.78 is 7.11. The number of esters is 1. The number of halogens is 1. The number of hydrogen-bond donors (Lipinski definition) is 1. The first-order valence-corrected chi connectivity index (χ1v) is 16.2. The molecule has 0 bridgehead atoms. The maximum absolute atomic E-state index is 13.2. The number of amides is 1. The maximum atomic E-state index is 13.2. The van der Waals surface area contributed by atoms with Crippen molar-refractivity contribution in [2.75, 3.05) is 0 Å². The lowest BCUT2D eigenvalue weighted by molar-refractivity contribution is -0.163. The lowest BCUT2D eigenvalue weighted by Gasteiger charge is -2.59. The Hall–Kier alpha value is -1.73. The van der Waals surface area contributed by atoms with Gasteiger partial charge in [-0.25, -0.2) is 0 Å². The Bertz CT molecular complexity index is 1200. The van der Waals surface area contributed by atoms with E-state index >= 15 is 0 Å². The second-order valence-electron chi connectivity index (χ2n) is 12.9. The predicted octanol–water partition coefficient (Wildman–Crippen LogP) is 7.57. The van der Waals surface area contributed by atoms with Gasteiger partial charge in [-0.2, -0.15) is 0 Å². The van der Waals surface area contributed by atoms with E-state index in [-0.39, 0.29) is 52.5 Å². The van der Waals surface area contributed by atoms with E-state index in [2.05, 4.69) is 61.1 Å². The number of fused-ring (bicyclic) bond motifs is 5. The number of ether oxygens (including phenoxy) is 1. The molecule has 3 fully saturated rings. The molecule has 212 valence electrons. The van der Waals surface area contributed by atoms with E-state index in [4.69, 9.17) is 4.74 Å². The van der Waals surface area contributed by atoms with Crippen molar-refractivity contribution in [1.29, 1.82) is 0 Å². The van der Waals surface area contributed by atoms with E-state index in [1.807, 2.05) is 6.07 Å². The van der Waals surface area contributed by atoms with Crippen molar-refractivity contribution in [2.24, 2.45) is 40.4 Å². The Balaban J connectivity index is 1.34. The molecule has 0 spiro atoms. The van der Waals surface area contributed by atoms with Crippen LogP contribution in [0.2, 0.25) is 0 Å². The van der Waals surface area contributed by atoms with Crippen LogP contribution in [0.25, 0.3) is 0 Å². The highest BCUT2D eigenvalue weighted by Gasteiger charge is 2.62. The lowest BCUT2D eigenvalue weighted by Crippen LogP contribution is -2.55. The monoisotopic (exact) mass is 615 g/mol. The van der Waals surface area contributed by atoms with Crippen molar-refractivity contribution in [3.63, 3.8) is 0 Å². The highest BCUT2D eigenvalue weighted by molar-refractivity contribution is 9.11. The van der Waals surface area contributed by atoms with Crippen LogP contribution in [0.3, 0.4) is 0 Å². The molecule has 1 aromatic heterocycles. The Labute approximate surface area is 245 Å². The first-order chi connectivity index (χ1) is 18.5. The van der Waals surface area contributed by atoms with Crippen LogP contribution in [0.1, 0.15) is 90.5 Å². The second kappa shape index (κ2) is 10.9. The highest BCUT2D eigenvalue weighted by Crippen LogP contribution is 2.67. The van der Waals surface area contributed by atoms with E-state index in [1.54, 1.807) is 23.5 Å². The van der Waals surface area contributed by atoms with Gasteiger partial charge in [-0.15, -0.1) is 11.3 Å². The van der Waals surface area contributed by atoms with Gasteiger partial charge >= 0.3 is 5.97 Å². The zero-order chi connectivity index (χ0) is 28.1. The molecule has 0 saturated heterocycles. The number of allylic oxidation sites excluding steroid dienone is 3. The molecule has 0 radical (unpaired) electrons. The zero-order valence-electron chi connectivity index (χ0n) is 23.8. The zero-order valence-corrected chi connectivity index (χ0v) is 26.2. The standard InChI is InChI=1S/C32H42BrNO4S/c1-6-25(27-9-10-28(33)39-27)34-29(37)15-18(2)22-7-8-23-30-24(12-14-32(22,23)5)31(4)13-11-21(36)16-20(31)17-26(30)38-19(3)35/h9-11,13,16,18,22-26,30H,6-8,12,14-15,17H2,1-5H3,(H,34,37)/t18-,22-,23+,24+,25-,26-,30+,31+,32-/m1/s1. The molecule has 39 heavy (non-hydrogen) atoms. The van der Waals surface area contributed by atoms with E-state index in [0.29, 0.717) is 30.6 Å². The van der Waals surface area contributed by atoms with Crippen LogP contribution < -0.4 is 5.32 Å².